The fourth-order valence-electron chi connectivity index (χ4n) is 2.80. The smallest absolute Gasteiger partial charge is 0.314 e. The van der Waals surface area contributed by atoms with E-state index in [1.807, 2.05) is 0 Å². The van der Waals surface area contributed by atoms with E-state index in [0.29, 0.717) is 18.6 Å². The van der Waals surface area contributed by atoms with Gasteiger partial charge >= 0.3 is 5.97 Å². The zero-order valence-electron chi connectivity index (χ0n) is 10.9. The summed E-state index contributed by atoms with van der Waals surface area (Å²) in [6.45, 7) is 0. The molecule has 1 heterocycles. The number of hydrogen-bond acceptors (Lipinski definition) is 4. The summed E-state index contributed by atoms with van der Waals surface area (Å²) in [5.74, 6) is -0.162. The van der Waals surface area contributed by atoms with Crippen LogP contribution in [0.3, 0.4) is 0 Å². The Bertz CT molecular complexity index is 633. The summed E-state index contributed by atoms with van der Waals surface area (Å²) in [7, 11) is -2.92. The van der Waals surface area contributed by atoms with Gasteiger partial charge in [0.2, 0.25) is 0 Å². The number of aliphatic carboxylic acids is 1. The fraction of sp³-hybridized carbons (Fsp3) is 0.500. The highest BCUT2D eigenvalue weighted by molar-refractivity contribution is 7.92. The van der Waals surface area contributed by atoms with Crippen LogP contribution in [0.1, 0.15) is 24.8 Å². The molecule has 5 nitrogen and oxygen atoms in total. The van der Waals surface area contributed by atoms with Gasteiger partial charge in [0.25, 0.3) is 0 Å². The quantitative estimate of drug-likeness (QED) is 0.907. The third-order valence-corrected chi connectivity index (χ3v) is 5.94. The van der Waals surface area contributed by atoms with Crippen LogP contribution in [0.15, 0.2) is 24.3 Å². The number of carbonyl (C=O) groups is 1. The first-order valence-corrected chi connectivity index (χ1v) is 8.44. The number of rotatable bonds is 4. The van der Waals surface area contributed by atoms with Gasteiger partial charge < -0.3 is 9.84 Å². The molecule has 1 saturated carbocycles. The Morgan fingerprint density at radius 3 is 2.50 bits per heavy atom. The van der Waals surface area contributed by atoms with Gasteiger partial charge in [-0.2, -0.15) is 0 Å². The van der Waals surface area contributed by atoms with Gasteiger partial charge in [-0.3, -0.25) is 4.79 Å². The molecule has 3 rings (SSSR count). The maximum absolute atomic E-state index is 11.5. The Morgan fingerprint density at radius 2 is 2.00 bits per heavy atom. The summed E-state index contributed by atoms with van der Waals surface area (Å²) in [4.78, 5) is 11.5. The van der Waals surface area contributed by atoms with Gasteiger partial charge in [0.05, 0.1) is 16.9 Å². The molecule has 1 N–H and O–H groups in total. The summed E-state index contributed by atoms with van der Waals surface area (Å²) in [5.41, 5.74) is -0.0404. The number of carboxylic acid groups (broad SMARTS) is 1. The lowest BCUT2D eigenvalue weighted by Crippen LogP contribution is -2.45. The predicted octanol–water partition coefficient (Wildman–Crippen LogP) is 1.37. The highest BCUT2D eigenvalue weighted by Gasteiger charge is 2.46. The summed E-state index contributed by atoms with van der Waals surface area (Å²) >= 11 is 0. The average Bonchev–Trinajstić information content (AvgIpc) is 2.24. The van der Waals surface area contributed by atoms with E-state index >= 15 is 0 Å². The molecule has 1 saturated heterocycles. The van der Waals surface area contributed by atoms with Crippen molar-refractivity contribution in [2.24, 2.45) is 0 Å². The Morgan fingerprint density at radius 1 is 1.30 bits per heavy atom. The minimum atomic E-state index is -2.92. The van der Waals surface area contributed by atoms with Gasteiger partial charge in [-0.15, -0.1) is 0 Å². The lowest BCUT2D eigenvalue weighted by molar-refractivity contribution is -0.147. The molecule has 0 atom stereocenters. The molecule has 0 unspecified atom stereocenters. The Balaban J connectivity index is 1.78. The van der Waals surface area contributed by atoms with Crippen LogP contribution >= 0.6 is 0 Å². The molecule has 0 bridgehead atoms. The van der Waals surface area contributed by atoms with Crippen LogP contribution in [0.5, 0.6) is 5.75 Å². The third kappa shape index (κ3) is 2.18. The lowest BCUT2D eigenvalue weighted by Gasteiger charge is -2.38. The van der Waals surface area contributed by atoms with Crippen molar-refractivity contribution in [1.82, 2.24) is 0 Å². The lowest BCUT2D eigenvalue weighted by atomic mass is 9.64. The zero-order valence-corrected chi connectivity index (χ0v) is 11.7. The van der Waals surface area contributed by atoms with Crippen LogP contribution in [0, 0.1) is 0 Å². The Hall–Kier alpha value is -1.56. The normalized spacial score (nSPS) is 23.4. The van der Waals surface area contributed by atoms with Gasteiger partial charge in [0.15, 0.2) is 9.84 Å². The Kier molecular flexibility index (Phi) is 3.01. The Labute approximate surface area is 117 Å². The van der Waals surface area contributed by atoms with Crippen molar-refractivity contribution in [2.75, 3.05) is 11.5 Å². The predicted molar refractivity (Wildman–Crippen MR) is 72.7 cm³/mol. The van der Waals surface area contributed by atoms with Gasteiger partial charge in [-0.25, -0.2) is 8.42 Å². The number of sulfone groups is 1. The minimum absolute atomic E-state index is 0.0430. The van der Waals surface area contributed by atoms with E-state index < -0.39 is 21.2 Å². The van der Waals surface area contributed by atoms with Crippen molar-refractivity contribution in [2.45, 2.75) is 30.8 Å². The highest BCUT2D eigenvalue weighted by Crippen LogP contribution is 2.44. The molecule has 1 aliphatic carbocycles. The van der Waals surface area contributed by atoms with Crippen molar-refractivity contribution in [3.05, 3.63) is 29.8 Å². The fourth-order valence-corrected chi connectivity index (χ4v) is 3.97. The van der Waals surface area contributed by atoms with Gasteiger partial charge in [0.1, 0.15) is 11.9 Å². The molecule has 108 valence electrons. The van der Waals surface area contributed by atoms with Crippen molar-refractivity contribution in [3.8, 4) is 5.75 Å². The summed E-state index contributed by atoms with van der Waals surface area (Å²) in [5, 5.41) is 9.42. The topological polar surface area (TPSA) is 80.7 Å². The van der Waals surface area contributed by atoms with Crippen LogP contribution < -0.4 is 4.74 Å². The van der Waals surface area contributed by atoms with E-state index in [9.17, 15) is 18.3 Å². The van der Waals surface area contributed by atoms with E-state index in [-0.39, 0.29) is 17.6 Å². The molecule has 1 aromatic rings. The van der Waals surface area contributed by atoms with E-state index in [4.69, 9.17) is 4.74 Å². The molecule has 2 aliphatic rings. The minimum Gasteiger partial charge on any atom is -0.488 e. The van der Waals surface area contributed by atoms with Crippen LogP contribution in [0.2, 0.25) is 0 Å². The van der Waals surface area contributed by atoms with Gasteiger partial charge in [0, 0.05) is 0 Å². The second-order valence-corrected chi connectivity index (χ2v) is 7.74. The maximum Gasteiger partial charge on any atom is 0.314 e. The molecule has 1 aliphatic heterocycles. The van der Waals surface area contributed by atoms with Crippen molar-refractivity contribution < 1.29 is 23.1 Å². The highest BCUT2D eigenvalue weighted by atomic mass is 32.2. The van der Waals surface area contributed by atoms with E-state index in [2.05, 4.69) is 0 Å². The second kappa shape index (κ2) is 4.48. The summed E-state index contributed by atoms with van der Waals surface area (Å²) in [6, 6.07) is 7.04. The monoisotopic (exact) mass is 296 g/mol. The average molecular weight is 296 g/mol. The number of carboxylic acids is 1. The SMILES string of the molecule is O=C(O)C1(c2cccc(OC3CS(=O)(=O)C3)c2)CCC1. The number of ether oxygens (including phenoxy) is 1. The number of benzene rings is 1. The van der Waals surface area contributed by atoms with Crippen LogP contribution in [-0.4, -0.2) is 37.1 Å². The molecule has 2 fully saturated rings. The summed E-state index contributed by atoms with van der Waals surface area (Å²) < 4.78 is 27.8. The molecular formula is C14H16O5S. The zero-order chi connectivity index (χ0) is 14.4. The van der Waals surface area contributed by atoms with Crippen molar-refractivity contribution in [3.63, 3.8) is 0 Å². The molecule has 0 amide bonds. The molecule has 0 radical (unpaired) electrons. The van der Waals surface area contributed by atoms with E-state index in [1.165, 1.54) is 0 Å². The largest absolute Gasteiger partial charge is 0.488 e. The van der Waals surface area contributed by atoms with Crippen molar-refractivity contribution >= 4 is 15.8 Å². The maximum atomic E-state index is 11.5. The van der Waals surface area contributed by atoms with Crippen LogP contribution in [-0.2, 0) is 20.0 Å². The molecule has 1 aromatic carbocycles. The van der Waals surface area contributed by atoms with Crippen LogP contribution in [0.25, 0.3) is 0 Å². The second-order valence-electron chi connectivity index (χ2n) is 5.59. The molecule has 0 spiro atoms. The van der Waals surface area contributed by atoms with E-state index in [1.54, 1.807) is 24.3 Å². The van der Waals surface area contributed by atoms with Gasteiger partial charge in [-0.05, 0) is 30.5 Å². The summed E-state index contributed by atoms with van der Waals surface area (Å²) in [6.07, 6.45) is 1.89. The first-order valence-electron chi connectivity index (χ1n) is 6.62. The molecular weight excluding hydrogens is 280 g/mol. The first kappa shape index (κ1) is 13.4. The molecule has 6 heteroatoms. The van der Waals surface area contributed by atoms with Gasteiger partial charge in [-0.1, -0.05) is 18.6 Å². The molecule has 20 heavy (non-hydrogen) atoms. The van der Waals surface area contributed by atoms with E-state index in [0.717, 1.165) is 12.0 Å². The standard InChI is InChI=1S/C14H16O5S/c15-13(16)14(5-2-6-14)10-3-1-4-11(7-10)19-12-8-20(17,18)9-12/h1,3-4,7,12H,2,5-6,8-9H2,(H,15,16). The van der Waals surface area contributed by atoms with Crippen LogP contribution in [0.4, 0.5) is 0 Å². The van der Waals surface area contributed by atoms with Crippen molar-refractivity contribution in [1.29, 1.82) is 0 Å². The third-order valence-electron chi connectivity index (χ3n) is 4.19. The number of hydrogen-bond donors (Lipinski definition) is 1. The first-order chi connectivity index (χ1) is 9.41. The molecule has 0 aromatic heterocycles.